The Morgan fingerprint density at radius 3 is 0.372 bits per heavy atom. The maximum absolute atomic E-state index is 2.54. The van der Waals surface area contributed by atoms with Crippen molar-refractivity contribution < 1.29 is 0 Å². The molecule has 0 saturated carbocycles. The van der Waals surface area contributed by atoms with E-state index < -0.39 is 5.41 Å². The molecule has 0 aliphatic carbocycles. The summed E-state index contributed by atoms with van der Waals surface area (Å²) in [5, 5.41) is 19.2. The molecule has 0 aliphatic heterocycles. The van der Waals surface area contributed by atoms with Crippen LogP contribution in [0.25, 0.3) is 220 Å². The molecule has 0 fully saturated rings. The molecule has 0 unspecified atom stereocenters. The van der Waals surface area contributed by atoms with Gasteiger partial charge in [0.15, 0.2) is 0 Å². The second-order valence-electron chi connectivity index (χ2n) is 34.5. The number of para-hydroxylation sites is 12. The number of rotatable bonds is 12. The average Bonchev–Trinajstić information content (AvgIpc) is 1.56. The van der Waals surface area contributed by atoms with Gasteiger partial charge in [0.05, 0.1) is 93.7 Å². The first-order chi connectivity index (χ1) is 64.1. The molecular weight excluding hydrogens is 1570 g/mol. The molecule has 0 saturated heterocycles. The standard InChI is InChI=1S/C121H76N8/c1-5-29-81(30-6-1)122-105-45-21-13-37-89(105)97-69-73-101-93-41-17-25-49-109(93)126(117(101)113(97)122)85-61-53-77(54-62-85)121(78-55-63-86(64-56-78)127-110-50-26-18-42-94(110)102-74-70-98-90-38-14-22-46-106(90)123(114(98)118(102)127)82-31-7-2-8-32-82,79-57-65-87(66-58-79)128-111-51-27-19-43-95(111)103-75-71-99-91-39-15-23-47-107(91)124(115(99)119(103)128)83-33-9-3-10-34-83)80-59-67-88(68-60-80)129-112-52-28-20-44-96(112)104-76-72-100-92-40-16-24-48-108(92)125(116(100)120(104)129)84-35-11-4-12-36-84/h1-76H. The highest BCUT2D eigenvalue weighted by Gasteiger charge is 2.40. The minimum atomic E-state index is -1.03. The third-order valence-electron chi connectivity index (χ3n) is 28.2. The summed E-state index contributed by atoms with van der Waals surface area (Å²) in [6.07, 6.45) is 0. The van der Waals surface area contributed by atoms with Crippen LogP contribution in [0.4, 0.5) is 0 Å². The van der Waals surface area contributed by atoms with Gasteiger partial charge in [0.1, 0.15) is 0 Å². The predicted octanol–water partition coefficient (Wildman–Crippen LogP) is 30.8. The molecule has 129 heavy (non-hydrogen) atoms. The van der Waals surface area contributed by atoms with Crippen LogP contribution in [0.15, 0.2) is 461 Å². The fourth-order valence-electron chi connectivity index (χ4n) is 22.9. The molecule has 0 bridgehead atoms. The van der Waals surface area contributed by atoms with Gasteiger partial charge >= 0.3 is 0 Å². The van der Waals surface area contributed by atoms with Crippen molar-refractivity contribution in [2.24, 2.45) is 0 Å². The molecule has 0 N–H and O–H groups in total. The van der Waals surface area contributed by atoms with Crippen LogP contribution >= 0.6 is 0 Å². The van der Waals surface area contributed by atoms with Crippen molar-refractivity contribution in [3.8, 4) is 45.5 Å². The van der Waals surface area contributed by atoms with Gasteiger partial charge < -0.3 is 36.5 Å². The van der Waals surface area contributed by atoms with Crippen molar-refractivity contribution in [1.29, 1.82) is 0 Å². The lowest BCUT2D eigenvalue weighted by atomic mass is 9.65. The molecule has 20 aromatic carbocycles. The zero-order valence-corrected chi connectivity index (χ0v) is 70.0. The van der Waals surface area contributed by atoms with Gasteiger partial charge in [-0.1, -0.05) is 315 Å². The predicted molar refractivity (Wildman–Crippen MR) is 539 cm³/mol. The van der Waals surface area contributed by atoms with E-state index in [-0.39, 0.29) is 0 Å². The van der Waals surface area contributed by atoms with E-state index in [2.05, 4.69) is 498 Å². The molecule has 8 heterocycles. The first-order valence-electron chi connectivity index (χ1n) is 44.6. The highest BCUT2D eigenvalue weighted by molar-refractivity contribution is 6.28. The van der Waals surface area contributed by atoms with Crippen LogP contribution in [0, 0.1) is 0 Å². The lowest BCUT2D eigenvalue weighted by Gasteiger charge is -2.37. The van der Waals surface area contributed by atoms with Crippen LogP contribution in [0.2, 0.25) is 0 Å². The minimum absolute atomic E-state index is 1.03. The Morgan fingerprint density at radius 1 is 0.101 bits per heavy atom. The molecule has 28 aromatic rings. The fourth-order valence-corrected chi connectivity index (χ4v) is 22.9. The number of aromatic nitrogens is 8. The van der Waals surface area contributed by atoms with Crippen LogP contribution in [0.3, 0.4) is 0 Å². The minimum Gasteiger partial charge on any atom is -0.307 e. The summed E-state index contributed by atoms with van der Waals surface area (Å²) in [7, 11) is 0. The Hall–Kier alpha value is -17.2. The number of benzene rings is 20. The Morgan fingerprint density at radius 2 is 0.225 bits per heavy atom. The zero-order valence-electron chi connectivity index (χ0n) is 70.0. The van der Waals surface area contributed by atoms with Crippen molar-refractivity contribution >= 4 is 174 Å². The third-order valence-corrected chi connectivity index (χ3v) is 28.2. The summed E-state index contributed by atoms with van der Waals surface area (Å²) < 4.78 is 20.1. The quantitative estimate of drug-likeness (QED) is 0.109. The Balaban J connectivity index is 0.732. The summed E-state index contributed by atoms with van der Waals surface area (Å²) in [6.45, 7) is 0. The van der Waals surface area contributed by atoms with Crippen LogP contribution in [0.1, 0.15) is 22.3 Å². The molecule has 0 radical (unpaired) electrons. The van der Waals surface area contributed by atoms with Gasteiger partial charge in [0.25, 0.3) is 0 Å². The lowest BCUT2D eigenvalue weighted by Crippen LogP contribution is -2.31. The molecule has 0 amide bonds. The number of nitrogens with zero attached hydrogens (tertiary/aromatic N) is 8. The largest absolute Gasteiger partial charge is 0.307 e. The maximum atomic E-state index is 2.54. The first-order valence-corrected chi connectivity index (χ1v) is 44.6. The van der Waals surface area contributed by atoms with Crippen molar-refractivity contribution in [2.75, 3.05) is 0 Å². The highest BCUT2D eigenvalue weighted by atomic mass is 15.1. The van der Waals surface area contributed by atoms with Crippen LogP contribution in [-0.4, -0.2) is 36.5 Å². The number of hydrogen-bond acceptors (Lipinski definition) is 0. The summed E-state index contributed by atoms with van der Waals surface area (Å²) in [5.74, 6) is 0. The third kappa shape index (κ3) is 9.96. The zero-order chi connectivity index (χ0) is 84.3. The van der Waals surface area contributed by atoms with Gasteiger partial charge in [-0.05, 0) is 168 Å². The molecule has 0 spiro atoms. The molecule has 28 rings (SSSR count). The van der Waals surface area contributed by atoms with E-state index in [0.29, 0.717) is 0 Å². The van der Waals surface area contributed by atoms with Crippen LogP contribution < -0.4 is 0 Å². The van der Waals surface area contributed by atoms with Crippen molar-refractivity contribution in [2.45, 2.75) is 5.41 Å². The molecule has 8 aromatic heterocycles. The van der Waals surface area contributed by atoms with E-state index in [1.165, 1.54) is 86.2 Å². The van der Waals surface area contributed by atoms with E-state index >= 15 is 0 Å². The first kappa shape index (κ1) is 71.2. The molecule has 8 nitrogen and oxygen atoms in total. The smallest absolute Gasteiger partial charge is 0.0788 e. The van der Waals surface area contributed by atoms with E-state index in [1.807, 2.05) is 0 Å². The molecule has 600 valence electrons. The lowest BCUT2D eigenvalue weighted by molar-refractivity contribution is 0.743. The van der Waals surface area contributed by atoms with Crippen molar-refractivity contribution in [1.82, 2.24) is 36.5 Å². The van der Waals surface area contributed by atoms with Gasteiger partial charge in [-0.2, -0.15) is 0 Å². The van der Waals surface area contributed by atoms with E-state index in [0.717, 1.165) is 156 Å². The van der Waals surface area contributed by atoms with E-state index in [1.54, 1.807) is 0 Å². The summed E-state index contributed by atoms with van der Waals surface area (Å²) >= 11 is 0. The summed E-state index contributed by atoms with van der Waals surface area (Å²) in [5.41, 5.74) is 30.5. The monoisotopic (exact) mass is 1640 g/mol. The molecule has 8 heteroatoms. The molecule has 0 atom stereocenters. The molecule has 0 aliphatic rings. The van der Waals surface area contributed by atoms with Crippen LogP contribution in [0.5, 0.6) is 0 Å². The fraction of sp³-hybridized carbons (Fsp3) is 0.00826. The van der Waals surface area contributed by atoms with E-state index in [9.17, 15) is 0 Å². The topological polar surface area (TPSA) is 39.4 Å². The van der Waals surface area contributed by atoms with Crippen LogP contribution in [-0.2, 0) is 5.41 Å². The van der Waals surface area contributed by atoms with E-state index in [4.69, 9.17) is 0 Å². The average molecular weight is 1640 g/mol. The second-order valence-corrected chi connectivity index (χ2v) is 34.5. The van der Waals surface area contributed by atoms with Crippen molar-refractivity contribution in [3.05, 3.63) is 483 Å². The highest BCUT2D eigenvalue weighted by Crippen LogP contribution is 2.52. The summed E-state index contributed by atoms with van der Waals surface area (Å²) in [4.78, 5) is 0. The number of fused-ring (bicyclic) bond motifs is 28. The van der Waals surface area contributed by atoms with Gasteiger partial charge in [-0.3, -0.25) is 0 Å². The number of hydrogen-bond donors (Lipinski definition) is 0. The van der Waals surface area contributed by atoms with Gasteiger partial charge in [-0.25, -0.2) is 0 Å². The van der Waals surface area contributed by atoms with Gasteiger partial charge in [0.2, 0.25) is 0 Å². The normalized spacial score (nSPS) is 12.3. The Bertz CT molecular complexity index is 8400. The SMILES string of the molecule is c1ccc(-n2c3ccccc3c3ccc4c5ccccc5n(-c5ccc(C(c6ccc(-n7c8ccccc8c8ccc9c%10ccccc%10n(-c%10ccccc%10)c9c87)cc6)(c6ccc(-n7c8ccccc8c8ccc9c%10ccccc%10n(-c%10ccccc%10)c9c87)cc6)c6ccc(-n7c8ccccc8c8ccc9c%10ccccc%10n(-c%10ccccc%10)c9c87)cc6)cc5)c4c32)cc1. The van der Waals surface area contributed by atoms with Gasteiger partial charge in [0, 0.05) is 132 Å². The van der Waals surface area contributed by atoms with Crippen molar-refractivity contribution in [3.63, 3.8) is 0 Å². The maximum Gasteiger partial charge on any atom is 0.0788 e. The Labute approximate surface area is 740 Å². The Kier molecular flexibility index (Phi) is 15.1. The van der Waals surface area contributed by atoms with Gasteiger partial charge in [-0.15, -0.1) is 0 Å². The molecular formula is C121H76N8. The second kappa shape index (κ2) is 27.4. The summed E-state index contributed by atoms with van der Waals surface area (Å²) in [6, 6.07) is 173.